The van der Waals surface area contributed by atoms with Crippen LogP contribution in [-0.4, -0.2) is 22.9 Å². The van der Waals surface area contributed by atoms with E-state index in [-0.39, 0.29) is 0 Å². The number of nitro groups is 1. The SMILES string of the molecule is CC1CCN(Cc2cccc([N+](=O)[O-])c2F)CC1C. The van der Waals surface area contributed by atoms with E-state index in [0.29, 0.717) is 23.9 Å². The van der Waals surface area contributed by atoms with Crippen LogP contribution in [0.15, 0.2) is 18.2 Å². The first-order valence-corrected chi connectivity index (χ1v) is 6.63. The molecule has 1 fully saturated rings. The highest BCUT2D eigenvalue weighted by Crippen LogP contribution is 2.26. The molecule has 0 amide bonds. The summed E-state index contributed by atoms with van der Waals surface area (Å²) in [7, 11) is 0. The van der Waals surface area contributed by atoms with Crippen molar-refractivity contribution < 1.29 is 9.31 Å². The van der Waals surface area contributed by atoms with Gasteiger partial charge in [-0.2, -0.15) is 4.39 Å². The lowest BCUT2D eigenvalue weighted by Crippen LogP contribution is -2.38. The third kappa shape index (κ3) is 3.10. The Labute approximate surface area is 112 Å². The smallest absolute Gasteiger partial charge is 0.299 e. The molecule has 5 heteroatoms. The summed E-state index contributed by atoms with van der Waals surface area (Å²) in [5.74, 6) is 0.570. The molecule has 4 nitrogen and oxygen atoms in total. The predicted molar refractivity (Wildman–Crippen MR) is 71.3 cm³/mol. The summed E-state index contributed by atoms with van der Waals surface area (Å²) < 4.78 is 14.0. The van der Waals surface area contributed by atoms with Crippen LogP contribution in [0, 0.1) is 27.8 Å². The van der Waals surface area contributed by atoms with Crippen molar-refractivity contribution in [3.8, 4) is 0 Å². The van der Waals surface area contributed by atoms with Crippen LogP contribution in [0.3, 0.4) is 0 Å². The van der Waals surface area contributed by atoms with Crippen LogP contribution in [0.2, 0.25) is 0 Å². The maximum Gasteiger partial charge on any atom is 0.305 e. The molecular formula is C14H19FN2O2. The van der Waals surface area contributed by atoms with Gasteiger partial charge in [0.15, 0.2) is 0 Å². The molecule has 0 saturated carbocycles. The van der Waals surface area contributed by atoms with Crippen molar-refractivity contribution in [3.63, 3.8) is 0 Å². The number of hydrogen-bond donors (Lipinski definition) is 0. The lowest BCUT2D eigenvalue weighted by Gasteiger charge is -2.35. The summed E-state index contributed by atoms with van der Waals surface area (Å²) in [4.78, 5) is 12.2. The van der Waals surface area contributed by atoms with Crippen LogP contribution in [0.1, 0.15) is 25.8 Å². The monoisotopic (exact) mass is 266 g/mol. The van der Waals surface area contributed by atoms with Crippen LogP contribution in [0.5, 0.6) is 0 Å². The van der Waals surface area contributed by atoms with E-state index < -0.39 is 16.4 Å². The molecule has 1 saturated heterocycles. The molecule has 2 unspecified atom stereocenters. The van der Waals surface area contributed by atoms with Crippen molar-refractivity contribution in [2.24, 2.45) is 11.8 Å². The molecule has 0 N–H and O–H groups in total. The van der Waals surface area contributed by atoms with Gasteiger partial charge in [0.2, 0.25) is 5.82 Å². The molecule has 2 rings (SSSR count). The third-order valence-corrected chi connectivity index (χ3v) is 4.07. The summed E-state index contributed by atoms with van der Waals surface area (Å²) in [5.41, 5.74) is -0.0214. The molecule has 0 aromatic heterocycles. The van der Waals surface area contributed by atoms with Crippen molar-refractivity contribution in [2.75, 3.05) is 13.1 Å². The van der Waals surface area contributed by atoms with Crippen molar-refractivity contribution in [1.82, 2.24) is 4.90 Å². The number of nitro benzene ring substituents is 1. The largest absolute Gasteiger partial charge is 0.305 e. The second kappa shape index (κ2) is 5.65. The van der Waals surface area contributed by atoms with Gasteiger partial charge in [-0.3, -0.25) is 15.0 Å². The molecule has 19 heavy (non-hydrogen) atoms. The van der Waals surface area contributed by atoms with Crippen LogP contribution in [-0.2, 0) is 6.54 Å². The lowest BCUT2D eigenvalue weighted by atomic mass is 9.88. The molecule has 104 valence electrons. The van der Waals surface area contributed by atoms with Gasteiger partial charge < -0.3 is 0 Å². The van der Waals surface area contributed by atoms with Crippen LogP contribution in [0.4, 0.5) is 10.1 Å². The van der Waals surface area contributed by atoms with Gasteiger partial charge in [0.1, 0.15) is 0 Å². The molecule has 1 heterocycles. The average molecular weight is 266 g/mol. The molecule has 0 aliphatic carbocycles. The fourth-order valence-corrected chi connectivity index (χ4v) is 2.56. The number of rotatable bonds is 3. The minimum Gasteiger partial charge on any atom is -0.299 e. The van der Waals surface area contributed by atoms with E-state index in [1.54, 1.807) is 12.1 Å². The van der Waals surface area contributed by atoms with Gasteiger partial charge in [-0.15, -0.1) is 0 Å². The second-order valence-corrected chi connectivity index (χ2v) is 5.49. The molecule has 2 atom stereocenters. The van der Waals surface area contributed by atoms with Gasteiger partial charge in [0.25, 0.3) is 0 Å². The first-order valence-electron chi connectivity index (χ1n) is 6.63. The number of likely N-dealkylation sites (tertiary alicyclic amines) is 1. The van der Waals surface area contributed by atoms with Crippen LogP contribution < -0.4 is 0 Å². The quantitative estimate of drug-likeness (QED) is 0.623. The Morgan fingerprint density at radius 1 is 1.42 bits per heavy atom. The Morgan fingerprint density at radius 2 is 2.16 bits per heavy atom. The number of piperidine rings is 1. The average Bonchev–Trinajstić information content (AvgIpc) is 2.36. The molecule has 1 aromatic rings. The Balaban J connectivity index is 2.11. The zero-order valence-corrected chi connectivity index (χ0v) is 11.3. The van der Waals surface area contributed by atoms with E-state index in [1.165, 1.54) is 6.07 Å². The van der Waals surface area contributed by atoms with Crippen LogP contribution >= 0.6 is 0 Å². The third-order valence-electron chi connectivity index (χ3n) is 4.07. The summed E-state index contributed by atoms with van der Waals surface area (Å²) in [6, 6.07) is 4.39. The number of nitrogens with zero attached hydrogens (tertiary/aromatic N) is 2. The first kappa shape index (κ1) is 13.9. The Kier molecular flexibility index (Phi) is 4.14. The van der Waals surface area contributed by atoms with Gasteiger partial charge in [-0.05, 0) is 24.8 Å². The molecule has 1 aromatic carbocycles. The van der Waals surface area contributed by atoms with E-state index in [9.17, 15) is 14.5 Å². The van der Waals surface area contributed by atoms with Crippen molar-refractivity contribution in [3.05, 3.63) is 39.7 Å². The highest BCUT2D eigenvalue weighted by atomic mass is 19.1. The van der Waals surface area contributed by atoms with Crippen molar-refractivity contribution in [1.29, 1.82) is 0 Å². The van der Waals surface area contributed by atoms with Gasteiger partial charge >= 0.3 is 5.69 Å². The molecule has 0 spiro atoms. The molecule has 1 aliphatic rings. The maximum absolute atomic E-state index is 14.0. The topological polar surface area (TPSA) is 46.4 Å². The Hall–Kier alpha value is -1.49. The van der Waals surface area contributed by atoms with E-state index in [1.807, 2.05) is 0 Å². The van der Waals surface area contributed by atoms with Gasteiger partial charge in [-0.1, -0.05) is 26.0 Å². The van der Waals surface area contributed by atoms with Crippen molar-refractivity contribution in [2.45, 2.75) is 26.8 Å². The van der Waals surface area contributed by atoms with E-state index in [0.717, 1.165) is 19.5 Å². The summed E-state index contributed by atoms with van der Waals surface area (Å²) in [5, 5.41) is 10.7. The highest BCUT2D eigenvalue weighted by Gasteiger charge is 2.24. The molecular weight excluding hydrogens is 247 g/mol. The summed E-state index contributed by atoms with van der Waals surface area (Å²) in [6.07, 6.45) is 1.09. The molecule has 1 aliphatic heterocycles. The van der Waals surface area contributed by atoms with Crippen molar-refractivity contribution >= 4 is 5.69 Å². The minimum absolute atomic E-state index is 0.413. The normalized spacial score (nSPS) is 24.4. The lowest BCUT2D eigenvalue weighted by molar-refractivity contribution is -0.387. The van der Waals surface area contributed by atoms with Gasteiger partial charge in [0, 0.05) is 24.7 Å². The number of hydrogen-bond acceptors (Lipinski definition) is 3. The van der Waals surface area contributed by atoms with E-state index in [2.05, 4.69) is 18.7 Å². The highest BCUT2D eigenvalue weighted by molar-refractivity contribution is 5.36. The van der Waals surface area contributed by atoms with Crippen LogP contribution in [0.25, 0.3) is 0 Å². The number of halogens is 1. The Bertz CT molecular complexity index is 479. The van der Waals surface area contributed by atoms with E-state index in [4.69, 9.17) is 0 Å². The fraction of sp³-hybridized carbons (Fsp3) is 0.571. The zero-order chi connectivity index (χ0) is 14.0. The van der Waals surface area contributed by atoms with Gasteiger partial charge in [-0.25, -0.2) is 0 Å². The van der Waals surface area contributed by atoms with E-state index >= 15 is 0 Å². The molecule has 0 radical (unpaired) electrons. The second-order valence-electron chi connectivity index (χ2n) is 5.49. The summed E-state index contributed by atoms with van der Waals surface area (Å²) >= 11 is 0. The maximum atomic E-state index is 14.0. The minimum atomic E-state index is -0.696. The summed E-state index contributed by atoms with van der Waals surface area (Å²) in [6.45, 7) is 6.72. The first-order chi connectivity index (χ1) is 8.99. The fourth-order valence-electron chi connectivity index (χ4n) is 2.56. The predicted octanol–water partition coefficient (Wildman–Crippen LogP) is 3.21. The van der Waals surface area contributed by atoms with Gasteiger partial charge in [0.05, 0.1) is 4.92 Å². The molecule has 0 bridgehead atoms. The zero-order valence-electron chi connectivity index (χ0n) is 11.3. The number of benzene rings is 1. The Morgan fingerprint density at radius 3 is 2.79 bits per heavy atom. The standard InChI is InChI=1S/C14H19FN2O2/c1-10-6-7-16(8-11(10)2)9-12-4-3-5-13(14(12)15)17(18)19/h3-5,10-11H,6-9H2,1-2H3.